The highest BCUT2D eigenvalue weighted by Gasteiger charge is 2.02. The highest BCUT2D eigenvalue weighted by molar-refractivity contribution is 5.67. The number of anilines is 1. The zero-order valence-electron chi connectivity index (χ0n) is 10.2. The van der Waals surface area contributed by atoms with Gasteiger partial charge in [0.25, 0.3) is 5.89 Å². The van der Waals surface area contributed by atoms with Gasteiger partial charge in [-0.15, -0.1) is 0 Å². The Morgan fingerprint density at radius 3 is 2.84 bits per heavy atom. The summed E-state index contributed by atoms with van der Waals surface area (Å²) in [4.78, 5) is 12.5. The first-order valence-electron chi connectivity index (χ1n) is 5.72. The van der Waals surface area contributed by atoms with Crippen LogP contribution in [0.4, 0.5) is 5.69 Å². The van der Waals surface area contributed by atoms with E-state index in [9.17, 15) is 0 Å². The molecule has 5 heteroatoms. The van der Waals surface area contributed by atoms with Crippen molar-refractivity contribution >= 4 is 16.9 Å². The van der Waals surface area contributed by atoms with E-state index in [1.165, 1.54) is 0 Å². The van der Waals surface area contributed by atoms with Gasteiger partial charge in [-0.25, -0.2) is 9.97 Å². The quantitative estimate of drug-likeness (QED) is 0.670. The van der Waals surface area contributed by atoms with Crippen molar-refractivity contribution in [1.29, 1.82) is 0 Å². The van der Waals surface area contributed by atoms with Crippen molar-refractivity contribution in [2.75, 3.05) is 12.4 Å². The van der Waals surface area contributed by atoms with Crippen LogP contribution in [0.3, 0.4) is 0 Å². The molecule has 0 amide bonds. The van der Waals surface area contributed by atoms with Crippen LogP contribution in [0.25, 0.3) is 11.2 Å². The van der Waals surface area contributed by atoms with Gasteiger partial charge in [0, 0.05) is 13.2 Å². The van der Waals surface area contributed by atoms with Crippen LogP contribution < -0.4 is 5.32 Å². The molecule has 0 bridgehead atoms. The Morgan fingerprint density at radius 2 is 2.11 bits per heavy atom. The fourth-order valence-corrected chi connectivity index (χ4v) is 1.56. The molecule has 0 aromatic carbocycles. The zero-order valence-corrected chi connectivity index (χ0v) is 10.2. The number of fused-ring (bicyclic) bond motifs is 1. The van der Waals surface area contributed by atoms with Crippen molar-refractivity contribution in [3.8, 4) is 11.8 Å². The van der Waals surface area contributed by atoms with E-state index in [1.807, 2.05) is 19.2 Å². The van der Waals surface area contributed by atoms with Crippen LogP contribution in [0.1, 0.15) is 11.6 Å². The summed E-state index contributed by atoms with van der Waals surface area (Å²) in [6, 6.07) is 7.34. The standard InChI is InChI=1S/C14H10N4O/c1-15-11-5-4-10(17-9-11)6-7-13-18-14-12(19-13)3-2-8-16-14/h2-5,8-9,15H,1H3. The third-order valence-electron chi connectivity index (χ3n) is 2.51. The molecule has 1 N–H and O–H groups in total. The molecule has 92 valence electrons. The van der Waals surface area contributed by atoms with Crippen LogP contribution >= 0.6 is 0 Å². The molecular formula is C14H10N4O. The van der Waals surface area contributed by atoms with Gasteiger partial charge in [-0.3, -0.25) is 0 Å². The molecule has 3 rings (SSSR count). The van der Waals surface area contributed by atoms with Gasteiger partial charge >= 0.3 is 0 Å². The lowest BCUT2D eigenvalue weighted by molar-refractivity contribution is 0.586. The first kappa shape index (κ1) is 11.2. The molecule has 3 aromatic rings. The maximum absolute atomic E-state index is 5.45. The molecule has 0 spiro atoms. The minimum absolute atomic E-state index is 0.341. The summed E-state index contributed by atoms with van der Waals surface area (Å²) in [6.45, 7) is 0. The third-order valence-corrected chi connectivity index (χ3v) is 2.51. The maximum atomic E-state index is 5.45. The molecule has 3 heterocycles. The second kappa shape index (κ2) is 4.78. The first-order chi connectivity index (χ1) is 9.35. The molecule has 0 aliphatic carbocycles. The Labute approximate surface area is 109 Å². The number of hydrogen-bond acceptors (Lipinski definition) is 5. The van der Waals surface area contributed by atoms with Gasteiger partial charge in [-0.2, -0.15) is 4.98 Å². The highest BCUT2D eigenvalue weighted by atomic mass is 16.3. The maximum Gasteiger partial charge on any atom is 0.276 e. The van der Waals surface area contributed by atoms with Crippen molar-refractivity contribution in [1.82, 2.24) is 15.0 Å². The lowest BCUT2D eigenvalue weighted by Crippen LogP contribution is -1.89. The summed E-state index contributed by atoms with van der Waals surface area (Å²) < 4.78 is 5.45. The Bertz CT molecular complexity index is 732. The number of rotatable bonds is 1. The number of aromatic nitrogens is 3. The Kier molecular flexibility index (Phi) is 2.83. The van der Waals surface area contributed by atoms with Crippen molar-refractivity contribution in [2.45, 2.75) is 0 Å². The number of oxazole rings is 1. The minimum atomic E-state index is 0.341. The molecule has 0 radical (unpaired) electrons. The molecule has 0 aliphatic rings. The first-order valence-corrected chi connectivity index (χ1v) is 5.72. The lowest BCUT2D eigenvalue weighted by atomic mass is 10.3. The van der Waals surface area contributed by atoms with Gasteiger partial charge < -0.3 is 9.73 Å². The van der Waals surface area contributed by atoms with E-state index in [0.717, 1.165) is 5.69 Å². The Hall–Kier alpha value is -2.87. The van der Waals surface area contributed by atoms with Gasteiger partial charge in [-0.05, 0) is 36.1 Å². The number of nitrogens with one attached hydrogen (secondary N) is 1. The van der Waals surface area contributed by atoms with Gasteiger partial charge in [0.05, 0.1) is 11.9 Å². The van der Waals surface area contributed by atoms with E-state index in [-0.39, 0.29) is 0 Å². The van der Waals surface area contributed by atoms with E-state index in [1.54, 1.807) is 24.5 Å². The van der Waals surface area contributed by atoms with Crippen LogP contribution in [0.2, 0.25) is 0 Å². The fraction of sp³-hybridized carbons (Fsp3) is 0.0714. The molecule has 0 saturated heterocycles. The average molecular weight is 250 g/mol. The van der Waals surface area contributed by atoms with E-state index in [4.69, 9.17) is 4.42 Å². The van der Waals surface area contributed by atoms with Crippen molar-refractivity contribution in [3.63, 3.8) is 0 Å². The van der Waals surface area contributed by atoms with Crippen molar-refractivity contribution in [2.24, 2.45) is 0 Å². The second-order valence-corrected chi connectivity index (χ2v) is 3.78. The fourth-order valence-electron chi connectivity index (χ4n) is 1.56. The monoisotopic (exact) mass is 250 g/mol. The van der Waals surface area contributed by atoms with Crippen LogP contribution in [-0.4, -0.2) is 22.0 Å². The SMILES string of the molecule is CNc1ccc(C#Cc2nc3ncccc3o2)nc1. The highest BCUT2D eigenvalue weighted by Crippen LogP contribution is 2.11. The third kappa shape index (κ3) is 2.38. The molecule has 0 fully saturated rings. The van der Waals surface area contributed by atoms with Gasteiger partial charge in [-0.1, -0.05) is 0 Å². The number of pyridine rings is 2. The normalized spacial score (nSPS) is 9.95. The van der Waals surface area contributed by atoms with E-state index >= 15 is 0 Å². The Morgan fingerprint density at radius 1 is 1.16 bits per heavy atom. The van der Waals surface area contributed by atoms with Crippen LogP contribution in [0.15, 0.2) is 41.1 Å². The number of hydrogen-bond donors (Lipinski definition) is 1. The average Bonchev–Trinajstić information content (AvgIpc) is 2.88. The van der Waals surface area contributed by atoms with E-state index in [2.05, 4.69) is 32.1 Å². The summed E-state index contributed by atoms with van der Waals surface area (Å²) in [5, 5.41) is 3.00. The lowest BCUT2D eigenvalue weighted by Gasteiger charge is -1.96. The van der Waals surface area contributed by atoms with E-state index in [0.29, 0.717) is 22.8 Å². The zero-order chi connectivity index (χ0) is 13.1. The van der Waals surface area contributed by atoms with Gasteiger partial charge in [0.1, 0.15) is 5.69 Å². The van der Waals surface area contributed by atoms with E-state index < -0.39 is 0 Å². The molecular weight excluding hydrogens is 240 g/mol. The molecule has 3 aromatic heterocycles. The molecule has 0 aliphatic heterocycles. The largest absolute Gasteiger partial charge is 0.428 e. The molecule has 0 unspecified atom stereocenters. The van der Waals surface area contributed by atoms with Crippen LogP contribution in [0.5, 0.6) is 0 Å². The topological polar surface area (TPSA) is 63.8 Å². The van der Waals surface area contributed by atoms with Gasteiger partial charge in [0.2, 0.25) is 0 Å². The summed E-state index contributed by atoms with van der Waals surface area (Å²) in [5.74, 6) is 6.08. The van der Waals surface area contributed by atoms with Crippen molar-refractivity contribution < 1.29 is 4.42 Å². The molecule has 19 heavy (non-hydrogen) atoms. The van der Waals surface area contributed by atoms with Crippen molar-refractivity contribution in [3.05, 3.63) is 48.2 Å². The second-order valence-electron chi connectivity index (χ2n) is 3.78. The Balaban J connectivity index is 1.89. The molecule has 0 saturated carbocycles. The summed E-state index contributed by atoms with van der Waals surface area (Å²) in [5.41, 5.74) is 2.79. The smallest absolute Gasteiger partial charge is 0.276 e. The predicted octanol–water partition coefficient (Wildman–Crippen LogP) is 2.06. The molecule has 5 nitrogen and oxygen atoms in total. The van der Waals surface area contributed by atoms with Crippen LogP contribution in [0, 0.1) is 11.8 Å². The van der Waals surface area contributed by atoms with Gasteiger partial charge in [0.15, 0.2) is 11.2 Å². The molecule has 0 atom stereocenters. The predicted molar refractivity (Wildman–Crippen MR) is 71.6 cm³/mol. The number of nitrogens with zero attached hydrogens (tertiary/aromatic N) is 3. The summed E-state index contributed by atoms with van der Waals surface area (Å²) in [7, 11) is 1.84. The summed E-state index contributed by atoms with van der Waals surface area (Å²) >= 11 is 0. The minimum Gasteiger partial charge on any atom is -0.428 e. The summed E-state index contributed by atoms with van der Waals surface area (Å²) in [6.07, 6.45) is 3.39. The van der Waals surface area contributed by atoms with Crippen LogP contribution in [-0.2, 0) is 0 Å².